The lowest BCUT2D eigenvalue weighted by Crippen LogP contribution is -2.32. The second kappa shape index (κ2) is 4.24. The lowest BCUT2D eigenvalue weighted by Gasteiger charge is -2.01. The van der Waals surface area contributed by atoms with Crippen LogP contribution in [0.3, 0.4) is 0 Å². The molecule has 1 amide bonds. The van der Waals surface area contributed by atoms with Crippen molar-refractivity contribution in [3.63, 3.8) is 0 Å². The first-order chi connectivity index (χ1) is 6.63. The number of benzene rings is 1. The Hall–Kier alpha value is -2.08. The van der Waals surface area contributed by atoms with Gasteiger partial charge >= 0.3 is 12.1 Å². The third kappa shape index (κ3) is 2.46. The lowest BCUT2D eigenvalue weighted by molar-refractivity contribution is 0.0622. The summed E-state index contributed by atoms with van der Waals surface area (Å²) in [5, 5.41) is 0. The van der Waals surface area contributed by atoms with Crippen molar-refractivity contribution in [3.8, 4) is 0 Å². The fourth-order valence-electron chi connectivity index (χ4n) is 0.792. The average molecular weight is 195 g/mol. The summed E-state index contributed by atoms with van der Waals surface area (Å²) in [4.78, 5) is 21.7. The molecule has 0 atom stereocenters. The number of rotatable bonds is 1. The largest absolute Gasteiger partial charge is 0.429 e. The zero-order valence-electron chi connectivity index (χ0n) is 7.19. The zero-order valence-corrected chi connectivity index (χ0v) is 7.19. The number of nitrogen functional groups attached to an aromatic ring is 1. The summed E-state index contributed by atoms with van der Waals surface area (Å²) in [5.41, 5.74) is 7.82. The molecule has 1 aromatic carbocycles. The van der Waals surface area contributed by atoms with E-state index in [0.29, 0.717) is 5.69 Å². The van der Waals surface area contributed by atoms with Gasteiger partial charge in [0.05, 0.1) is 5.56 Å². The lowest BCUT2D eigenvalue weighted by atomic mass is 10.2. The van der Waals surface area contributed by atoms with Crippen LogP contribution in [0.5, 0.6) is 0 Å². The molecule has 0 aliphatic rings. The first kappa shape index (κ1) is 10.0. The van der Waals surface area contributed by atoms with E-state index in [1.165, 1.54) is 24.3 Å². The first-order valence-electron chi connectivity index (χ1n) is 3.72. The van der Waals surface area contributed by atoms with Gasteiger partial charge in [0, 0.05) is 5.69 Å². The van der Waals surface area contributed by atoms with Crippen molar-refractivity contribution in [3.05, 3.63) is 29.8 Å². The normalized spacial score (nSPS) is 9.21. The number of hydrazine groups is 1. The van der Waals surface area contributed by atoms with Crippen molar-refractivity contribution in [1.82, 2.24) is 5.43 Å². The Bertz CT molecular complexity index is 347. The Morgan fingerprint density at radius 3 is 2.29 bits per heavy atom. The number of hydrogen-bond donors (Lipinski definition) is 3. The van der Waals surface area contributed by atoms with Crippen molar-refractivity contribution in [1.29, 1.82) is 0 Å². The van der Waals surface area contributed by atoms with E-state index in [-0.39, 0.29) is 5.56 Å². The predicted molar refractivity (Wildman–Crippen MR) is 49.0 cm³/mol. The molecule has 0 fully saturated rings. The van der Waals surface area contributed by atoms with Crippen LogP contribution in [0.1, 0.15) is 10.4 Å². The predicted octanol–water partition coefficient (Wildman–Crippen LogP) is 0.00890. The fraction of sp³-hybridized carbons (Fsp3) is 0. The minimum absolute atomic E-state index is 0.225. The van der Waals surface area contributed by atoms with Crippen molar-refractivity contribution < 1.29 is 14.3 Å². The van der Waals surface area contributed by atoms with Gasteiger partial charge in [-0.2, -0.15) is 0 Å². The molecule has 6 nitrogen and oxygen atoms in total. The van der Waals surface area contributed by atoms with Crippen LogP contribution in [0.25, 0.3) is 0 Å². The summed E-state index contributed by atoms with van der Waals surface area (Å²) in [6.07, 6.45) is -1.01. The van der Waals surface area contributed by atoms with E-state index in [9.17, 15) is 9.59 Å². The Morgan fingerprint density at radius 1 is 1.21 bits per heavy atom. The van der Waals surface area contributed by atoms with E-state index in [0.717, 1.165) is 0 Å². The number of esters is 1. The van der Waals surface area contributed by atoms with Gasteiger partial charge in [-0.05, 0) is 24.3 Å². The van der Waals surface area contributed by atoms with Crippen LogP contribution >= 0.6 is 0 Å². The maximum absolute atomic E-state index is 11.1. The molecule has 0 saturated heterocycles. The van der Waals surface area contributed by atoms with Gasteiger partial charge < -0.3 is 10.5 Å². The maximum atomic E-state index is 11.1. The van der Waals surface area contributed by atoms with Gasteiger partial charge in [0.25, 0.3) is 0 Å². The van der Waals surface area contributed by atoms with E-state index in [4.69, 9.17) is 11.6 Å². The quantitative estimate of drug-likeness (QED) is 0.146. The Morgan fingerprint density at radius 2 is 1.79 bits per heavy atom. The van der Waals surface area contributed by atoms with Crippen LogP contribution in [0.4, 0.5) is 10.5 Å². The average Bonchev–Trinajstić information content (AvgIpc) is 2.18. The van der Waals surface area contributed by atoms with Gasteiger partial charge in [-0.15, -0.1) is 0 Å². The molecule has 1 aromatic rings. The highest BCUT2D eigenvalue weighted by molar-refractivity contribution is 5.96. The molecule has 6 heteroatoms. The van der Waals surface area contributed by atoms with Crippen LogP contribution in [0, 0.1) is 0 Å². The van der Waals surface area contributed by atoms with Crippen molar-refractivity contribution >= 4 is 17.7 Å². The summed E-state index contributed by atoms with van der Waals surface area (Å²) < 4.78 is 4.27. The Balaban J connectivity index is 2.70. The minimum Gasteiger partial charge on any atom is -0.399 e. The minimum atomic E-state index is -1.01. The molecule has 5 N–H and O–H groups in total. The molecular formula is C8H9N3O3. The number of nitrogens with two attached hydrogens (primary N) is 2. The van der Waals surface area contributed by atoms with E-state index in [1.54, 1.807) is 5.43 Å². The Kier molecular flexibility index (Phi) is 3.03. The van der Waals surface area contributed by atoms with E-state index in [2.05, 4.69) is 4.74 Å². The number of anilines is 1. The fourth-order valence-corrected chi connectivity index (χ4v) is 0.792. The molecule has 1 rings (SSSR count). The number of amides is 1. The summed E-state index contributed by atoms with van der Waals surface area (Å²) in [7, 11) is 0. The number of ether oxygens (including phenoxy) is 1. The molecule has 0 spiro atoms. The van der Waals surface area contributed by atoms with Crippen LogP contribution < -0.4 is 17.0 Å². The molecule has 0 aliphatic heterocycles. The Labute approximate surface area is 79.8 Å². The number of nitrogens with one attached hydrogen (secondary N) is 1. The summed E-state index contributed by atoms with van der Waals surface area (Å²) in [5.74, 6) is 3.94. The zero-order chi connectivity index (χ0) is 10.6. The summed E-state index contributed by atoms with van der Waals surface area (Å²) in [6.45, 7) is 0. The van der Waals surface area contributed by atoms with E-state index in [1.807, 2.05) is 0 Å². The van der Waals surface area contributed by atoms with Crippen molar-refractivity contribution in [2.75, 3.05) is 5.73 Å². The third-order valence-corrected chi connectivity index (χ3v) is 1.45. The van der Waals surface area contributed by atoms with Gasteiger partial charge in [-0.1, -0.05) is 0 Å². The standard InChI is InChI=1S/C8H9N3O3/c9-6-3-1-5(2-4-6)7(12)14-8(13)11-10/h1-4H,9-10H2,(H,11,13). The van der Waals surface area contributed by atoms with Gasteiger partial charge in [0.1, 0.15) is 0 Å². The van der Waals surface area contributed by atoms with E-state index < -0.39 is 12.1 Å². The smallest absolute Gasteiger partial charge is 0.399 e. The van der Waals surface area contributed by atoms with Crippen LogP contribution in [0.15, 0.2) is 24.3 Å². The molecule has 0 radical (unpaired) electrons. The van der Waals surface area contributed by atoms with E-state index >= 15 is 0 Å². The highest BCUT2D eigenvalue weighted by Gasteiger charge is 2.10. The topological polar surface area (TPSA) is 107 Å². The highest BCUT2D eigenvalue weighted by atomic mass is 16.6. The van der Waals surface area contributed by atoms with Gasteiger partial charge in [-0.25, -0.2) is 15.4 Å². The van der Waals surface area contributed by atoms with Crippen LogP contribution in [-0.2, 0) is 4.74 Å². The van der Waals surface area contributed by atoms with Crippen LogP contribution in [-0.4, -0.2) is 12.1 Å². The monoisotopic (exact) mass is 195 g/mol. The number of carbonyl (C=O) groups is 2. The molecule has 0 aliphatic carbocycles. The second-order valence-electron chi connectivity index (χ2n) is 2.44. The number of carbonyl (C=O) groups excluding carboxylic acids is 2. The molecule has 0 unspecified atom stereocenters. The first-order valence-corrected chi connectivity index (χ1v) is 3.72. The van der Waals surface area contributed by atoms with Gasteiger partial charge in [0.2, 0.25) is 0 Å². The molecule has 14 heavy (non-hydrogen) atoms. The van der Waals surface area contributed by atoms with Crippen molar-refractivity contribution in [2.24, 2.45) is 5.84 Å². The molecule has 74 valence electrons. The van der Waals surface area contributed by atoms with Gasteiger partial charge in [0.15, 0.2) is 0 Å². The SMILES string of the molecule is NNC(=O)OC(=O)c1ccc(N)cc1. The summed E-state index contributed by atoms with van der Waals surface area (Å²) in [6, 6.07) is 5.94. The van der Waals surface area contributed by atoms with Crippen LogP contribution in [0.2, 0.25) is 0 Å². The third-order valence-electron chi connectivity index (χ3n) is 1.45. The second-order valence-corrected chi connectivity index (χ2v) is 2.44. The maximum Gasteiger partial charge on any atom is 0.429 e. The molecule has 0 heterocycles. The van der Waals surface area contributed by atoms with Crippen molar-refractivity contribution in [2.45, 2.75) is 0 Å². The molecule has 0 saturated carbocycles. The number of hydrogen-bond acceptors (Lipinski definition) is 5. The summed E-state index contributed by atoms with van der Waals surface area (Å²) >= 11 is 0. The molecular weight excluding hydrogens is 186 g/mol. The van der Waals surface area contributed by atoms with Gasteiger partial charge in [-0.3, -0.25) is 5.43 Å². The highest BCUT2D eigenvalue weighted by Crippen LogP contribution is 2.06. The molecule has 0 bridgehead atoms. The molecule has 0 aromatic heterocycles.